The fourth-order valence-corrected chi connectivity index (χ4v) is 2.66. The Hall–Kier alpha value is -2.09. The summed E-state index contributed by atoms with van der Waals surface area (Å²) in [6, 6.07) is 18.2. The van der Waals surface area contributed by atoms with Crippen LogP contribution in [0.4, 0.5) is 0 Å². The molecule has 122 valence electrons. The van der Waals surface area contributed by atoms with E-state index in [1.165, 1.54) is 12.0 Å². The first kappa shape index (κ1) is 17.3. The maximum absolute atomic E-state index is 12.3. The van der Waals surface area contributed by atoms with Crippen LogP contribution in [-0.4, -0.2) is 11.9 Å². The van der Waals surface area contributed by atoms with Gasteiger partial charge in [-0.15, -0.1) is 0 Å². The van der Waals surface area contributed by atoms with Crippen LogP contribution in [0.5, 0.6) is 0 Å². The second kappa shape index (κ2) is 8.52. The number of hydrogen-bond donors (Lipinski definition) is 1. The SMILES string of the molecule is CC(C)CCC[C@@H](C)NC(=O)c1ccc(-c2ccccc2)cc1. The highest BCUT2D eigenvalue weighted by molar-refractivity contribution is 5.94. The van der Waals surface area contributed by atoms with E-state index in [-0.39, 0.29) is 11.9 Å². The van der Waals surface area contributed by atoms with Crippen molar-refractivity contribution in [2.24, 2.45) is 5.92 Å². The molecule has 2 nitrogen and oxygen atoms in total. The van der Waals surface area contributed by atoms with Crippen LogP contribution in [0.2, 0.25) is 0 Å². The average molecular weight is 309 g/mol. The molecule has 2 rings (SSSR count). The van der Waals surface area contributed by atoms with Gasteiger partial charge in [0.1, 0.15) is 0 Å². The van der Waals surface area contributed by atoms with Gasteiger partial charge in [0, 0.05) is 11.6 Å². The van der Waals surface area contributed by atoms with Crippen molar-refractivity contribution in [3.8, 4) is 11.1 Å². The van der Waals surface area contributed by atoms with Gasteiger partial charge in [-0.1, -0.05) is 69.2 Å². The molecule has 0 radical (unpaired) electrons. The highest BCUT2D eigenvalue weighted by Gasteiger charge is 2.10. The molecule has 0 aromatic heterocycles. The minimum atomic E-state index is 0.0154. The van der Waals surface area contributed by atoms with Gasteiger partial charge in [0.05, 0.1) is 0 Å². The monoisotopic (exact) mass is 309 g/mol. The van der Waals surface area contributed by atoms with Crippen molar-refractivity contribution in [3.63, 3.8) is 0 Å². The van der Waals surface area contributed by atoms with Crippen LogP contribution in [0.15, 0.2) is 54.6 Å². The van der Waals surface area contributed by atoms with Crippen molar-refractivity contribution in [2.45, 2.75) is 46.1 Å². The third kappa shape index (κ3) is 5.55. The molecule has 1 atom stereocenters. The van der Waals surface area contributed by atoms with Crippen LogP contribution in [-0.2, 0) is 0 Å². The minimum absolute atomic E-state index is 0.0154. The van der Waals surface area contributed by atoms with Gasteiger partial charge in [0.15, 0.2) is 0 Å². The standard InChI is InChI=1S/C21H27NO/c1-16(2)8-7-9-17(3)22-21(23)20-14-12-19(13-15-20)18-10-5-4-6-11-18/h4-6,10-17H,7-9H2,1-3H3,(H,22,23)/t17-/m1/s1. The Kier molecular flexibility index (Phi) is 6.40. The Morgan fingerprint density at radius 3 is 2.09 bits per heavy atom. The zero-order chi connectivity index (χ0) is 16.7. The zero-order valence-electron chi connectivity index (χ0n) is 14.4. The molecule has 0 aliphatic heterocycles. The van der Waals surface area contributed by atoms with Crippen molar-refractivity contribution in [1.29, 1.82) is 0 Å². The van der Waals surface area contributed by atoms with E-state index in [4.69, 9.17) is 0 Å². The third-order valence-electron chi connectivity index (χ3n) is 4.05. The molecule has 0 saturated carbocycles. The Bertz CT molecular complexity index is 601. The molecule has 0 spiro atoms. The van der Waals surface area contributed by atoms with Crippen LogP contribution in [0.3, 0.4) is 0 Å². The number of carbonyl (C=O) groups excluding carboxylic acids is 1. The molecule has 1 N–H and O–H groups in total. The quantitative estimate of drug-likeness (QED) is 0.739. The van der Waals surface area contributed by atoms with E-state index in [2.05, 4.69) is 38.2 Å². The predicted octanol–water partition coefficient (Wildman–Crippen LogP) is 5.30. The summed E-state index contributed by atoms with van der Waals surface area (Å²) in [5.41, 5.74) is 3.02. The summed E-state index contributed by atoms with van der Waals surface area (Å²) >= 11 is 0. The Labute approximate surface area is 139 Å². The van der Waals surface area contributed by atoms with Crippen LogP contribution < -0.4 is 5.32 Å². The zero-order valence-corrected chi connectivity index (χ0v) is 14.4. The first-order valence-electron chi connectivity index (χ1n) is 8.52. The molecular weight excluding hydrogens is 282 g/mol. The van der Waals surface area contributed by atoms with E-state index in [0.29, 0.717) is 0 Å². The normalized spacial score (nSPS) is 12.2. The molecule has 0 aliphatic carbocycles. The van der Waals surface area contributed by atoms with Gasteiger partial charge < -0.3 is 5.32 Å². The Morgan fingerprint density at radius 2 is 1.48 bits per heavy atom. The predicted molar refractivity (Wildman–Crippen MR) is 97.5 cm³/mol. The molecule has 23 heavy (non-hydrogen) atoms. The van der Waals surface area contributed by atoms with Crippen molar-refractivity contribution < 1.29 is 4.79 Å². The number of hydrogen-bond acceptors (Lipinski definition) is 1. The van der Waals surface area contributed by atoms with E-state index in [9.17, 15) is 4.79 Å². The summed E-state index contributed by atoms with van der Waals surface area (Å²) in [6.07, 6.45) is 3.41. The maximum atomic E-state index is 12.3. The summed E-state index contributed by atoms with van der Waals surface area (Å²) in [5, 5.41) is 3.09. The Morgan fingerprint density at radius 1 is 0.870 bits per heavy atom. The molecular formula is C21H27NO. The minimum Gasteiger partial charge on any atom is -0.350 e. The molecule has 0 aliphatic rings. The fraction of sp³-hybridized carbons (Fsp3) is 0.381. The summed E-state index contributed by atoms with van der Waals surface area (Å²) < 4.78 is 0. The van der Waals surface area contributed by atoms with Crippen LogP contribution >= 0.6 is 0 Å². The number of carbonyl (C=O) groups is 1. The number of benzene rings is 2. The lowest BCUT2D eigenvalue weighted by molar-refractivity contribution is 0.0938. The largest absolute Gasteiger partial charge is 0.350 e. The average Bonchev–Trinajstić information content (AvgIpc) is 2.55. The van der Waals surface area contributed by atoms with Crippen molar-refractivity contribution >= 4 is 5.91 Å². The van der Waals surface area contributed by atoms with E-state index in [1.807, 2.05) is 42.5 Å². The topological polar surface area (TPSA) is 29.1 Å². The maximum Gasteiger partial charge on any atom is 0.251 e. The van der Waals surface area contributed by atoms with E-state index in [1.54, 1.807) is 0 Å². The fourth-order valence-electron chi connectivity index (χ4n) is 2.66. The lowest BCUT2D eigenvalue weighted by Crippen LogP contribution is -2.32. The van der Waals surface area contributed by atoms with Crippen LogP contribution in [0.1, 0.15) is 50.4 Å². The van der Waals surface area contributed by atoms with Gasteiger partial charge in [-0.05, 0) is 42.5 Å². The highest BCUT2D eigenvalue weighted by Crippen LogP contribution is 2.19. The third-order valence-corrected chi connectivity index (χ3v) is 4.05. The summed E-state index contributed by atoms with van der Waals surface area (Å²) in [5.74, 6) is 0.741. The van der Waals surface area contributed by atoms with Gasteiger partial charge in [-0.2, -0.15) is 0 Å². The van der Waals surface area contributed by atoms with Gasteiger partial charge in [0.25, 0.3) is 5.91 Å². The first-order valence-corrected chi connectivity index (χ1v) is 8.52. The van der Waals surface area contributed by atoms with Crippen LogP contribution in [0.25, 0.3) is 11.1 Å². The van der Waals surface area contributed by atoms with Gasteiger partial charge in [0.2, 0.25) is 0 Å². The summed E-state index contributed by atoms with van der Waals surface area (Å²) in [6.45, 7) is 6.55. The van der Waals surface area contributed by atoms with Gasteiger partial charge in [-0.3, -0.25) is 4.79 Å². The molecule has 0 heterocycles. The molecule has 0 fully saturated rings. The summed E-state index contributed by atoms with van der Waals surface area (Å²) in [7, 11) is 0. The number of amides is 1. The molecule has 1 amide bonds. The molecule has 0 unspecified atom stereocenters. The molecule has 2 heteroatoms. The smallest absolute Gasteiger partial charge is 0.251 e. The number of nitrogens with one attached hydrogen (secondary N) is 1. The first-order chi connectivity index (χ1) is 11.1. The molecule has 2 aromatic carbocycles. The summed E-state index contributed by atoms with van der Waals surface area (Å²) in [4.78, 5) is 12.3. The van der Waals surface area contributed by atoms with Gasteiger partial charge >= 0.3 is 0 Å². The van der Waals surface area contributed by atoms with Crippen molar-refractivity contribution in [3.05, 3.63) is 60.2 Å². The van der Waals surface area contributed by atoms with Crippen LogP contribution in [0, 0.1) is 5.92 Å². The van der Waals surface area contributed by atoms with E-state index in [0.717, 1.165) is 29.9 Å². The molecule has 2 aromatic rings. The second-order valence-electron chi connectivity index (χ2n) is 6.64. The lowest BCUT2D eigenvalue weighted by atomic mass is 10.0. The lowest BCUT2D eigenvalue weighted by Gasteiger charge is -2.14. The molecule has 0 bridgehead atoms. The highest BCUT2D eigenvalue weighted by atomic mass is 16.1. The van der Waals surface area contributed by atoms with Crippen molar-refractivity contribution in [1.82, 2.24) is 5.32 Å². The Balaban J connectivity index is 1.90. The van der Waals surface area contributed by atoms with Gasteiger partial charge in [-0.25, -0.2) is 0 Å². The second-order valence-corrected chi connectivity index (χ2v) is 6.64. The van der Waals surface area contributed by atoms with E-state index >= 15 is 0 Å². The van der Waals surface area contributed by atoms with Crippen molar-refractivity contribution in [2.75, 3.05) is 0 Å². The van der Waals surface area contributed by atoms with E-state index < -0.39 is 0 Å². The number of rotatable bonds is 7. The molecule has 0 saturated heterocycles.